The lowest BCUT2D eigenvalue weighted by Gasteiger charge is -2.24. The molecule has 1 aliphatic heterocycles. The second-order valence-corrected chi connectivity index (χ2v) is 5.26. The number of hydrogen-bond donors (Lipinski definition) is 1. The minimum absolute atomic E-state index is 0.569. The van der Waals surface area contributed by atoms with E-state index in [1.165, 1.54) is 11.1 Å². The molecule has 1 heterocycles. The predicted molar refractivity (Wildman–Crippen MR) is 61.8 cm³/mol. The van der Waals surface area contributed by atoms with Crippen molar-refractivity contribution in [1.82, 2.24) is 0 Å². The molecular weight excluding hydrogens is 192 g/mol. The normalized spacial score (nSPS) is 26.8. The van der Waals surface area contributed by atoms with Crippen molar-refractivity contribution in [2.45, 2.75) is 25.9 Å². The van der Waals surface area contributed by atoms with E-state index in [4.69, 9.17) is 0 Å². The third kappa shape index (κ3) is 1.69. The van der Waals surface area contributed by atoms with Crippen LogP contribution < -0.4 is 0 Å². The van der Waals surface area contributed by atoms with Crippen molar-refractivity contribution in [3.63, 3.8) is 0 Å². The Morgan fingerprint density at radius 1 is 1.36 bits per heavy atom. The monoisotopic (exact) mass is 208 g/mol. The number of aryl methyl sites for hydroxylation is 2. The molecule has 0 amide bonds. The standard InChI is InChI=1S/C12H16OS/c1-9-3-4-10(2)11(7-9)12(13)5-6-14-8-12/h3-4,7,13H,5-6,8H2,1-2H3. The van der Waals surface area contributed by atoms with Crippen molar-refractivity contribution >= 4 is 11.8 Å². The Morgan fingerprint density at radius 2 is 2.14 bits per heavy atom. The van der Waals surface area contributed by atoms with E-state index >= 15 is 0 Å². The summed E-state index contributed by atoms with van der Waals surface area (Å²) in [6.45, 7) is 4.16. The van der Waals surface area contributed by atoms with Gasteiger partial charge in [-0.3, -0.25) is 0 Å². The molecule has 1 aromatic rings. The van der Waals surface area contributed by atoms with Crippen molar-refractivity contribution in [1.29, 1.82) is 0 Å². The third-order valence-electron chi connectivity index (χ3n) is 2.90. The Kier molecular flexibility index (Phi) is 2.58. The highest BCUT2D eigenvalue weighted by atomic mass is 32.2. The lowest BCUT2D eigenvalue weighted by Crippen LogP contribution is -2.26. The molecular formula is C12H16OS. The van der Waals surface area contributed by atoms with Crippen LogP contribution in [0.5, 0.6) is 0 Å². The zero-order valence-corrected chi connectivity index (χ0v) is 9.53. The molecule has 1 atom stereocenters. The van der Waals surface area contributed by atoms with Gasteiger partial charge in [-0.2, -0.15) is 11.8 Å². The second kappa shape index (κ2) is 3.59. The maximum atomic E-state index is 10.4. The molecule has 1 aliphatic rings. The van der Waals surface area contributed by atoms with Crippen LogP contribution in [0.25, 0.3) is 0 Å². The summed E-state index contributed by atoms with van der Waals surface area (Å²) < 4.78 is 0. The first kappa shape index (κ1) is 10.1. The smallest absolute Gasteiger partial charge is 0.0997 e. The average Bonchev–Trinajstić information content (AvgIpc) is 2.58. The van der Waals surface area contributed by atoms with Crippen molar-refractivity contribution in [2.24, 2.45) is 0 Å². The van der Waals surface area contributed by atoms with Gasteiger partial charge in [-0.05, 0) is 37.1 Å². The highest BCUT2D eigenvalue weighted by Crippen LogP contribution is 2.38. The van der Waals surface area contributed by atoms with E-state index in [0.29, 0.717) is 0 Å². The zero-order valence-electron chi connectivity index (χ0n) is 8.71. The maximum Gasteiger partial charge on any atom is 0.0997 e. The van der Waals surface area contributed by atoms with Gasteiger partial charge in [-0.15, -0.1) is 0 Å². The topological polar surface area (TPSA) is 20.2 Å². The number of hydrogen-bond acceptors (Lipinski definition) is 2. The van der Waals surface area contributed by atoms with Crippen molar-refractivity contribution < 1.29 is 5.11 Å². The van der Waals surface area contributed by atoms with Gasteiger partial charge >= 0.3 is 0 Å². The summed E-state index contributed by atoms with van der Waals surface area (Å²) in [6.07, 6.45) is 0.891. The van der Waals surface area contributed by atoms with Crippen molar-refractivity contribution in [2.75, 3.05) is 11.5 Å². The Hall–Kier alpha value is -0.470. The molecule has 2 heteroatoms. The number of benzene rings is 1. The molecule has 0 saturated carbocycles. The summed E-state index contributed by atoms with van der Waals surface area (Å²) in [5.74, 6) is 1.92. The average molecular weight is 208 g/mol. The quantitative estimate of drug-likeness (QED) is 0.765. The van der Waals surface area contributed by atoms with Crippen LogP contribution in [0, 0.1) is 13.8 Å². The highest BCUT2D eigenvalue weighted by Gasteiger charge is 2.34. The molecule has 76 valence electrons. The molecule has 0 aromatic heterocycles. The van der Waals surface area contributed by atoms with Crippen LogP contribution in [0.4, 0.5) is 0 Å². The molecule has 0 radical (unpaired) electrons. The van der Waals surface area contributed by atoms with Crippen LogP contribution in [-0.2, 0) is 5.60 Å². The molecule has 1 aromatic carbocycles. The second-order valence-electron chi connectivity index (χ2n) is 4.15. The molecule has 1 saturated heterocycles. The number of aliphatic hydroxyl groups is 1. The van der Waals surface area contributed by atoms with Crippen LogP contribution in [0.15, 0.2) is 18.2 Å². The van der Waals surface area contributed by atoms with Gasteiger partial charge in [0.15, 0.2) is 0 Å². The Morgan fingerprint density at radius 3 is 2.79 bits per heavy atom. The van der Waals surface area contributed by atoms with Gasteiger partial charge in [0, 0.05) is 5.75 Å². The molecule has 0 bridgehead atoms. The Bertz CT molecular complexity index is 340. The van der Waals surface area contributed by atoms with E-state index in [0.717, 1.165) is 23.5 Å². The van der Waals surface area contributed by atoms with E-state index in [1.54, 1.807) is 0 Å². The molecule has 1 N–H and O–H groups in total. The van der Waals surface area contributed by atoms with Gasteiger partial charge in [0.2, 0.25) is 0 Å². The Balaban J connectivity index is 2.44. The fourth-order valence-electron chi connectivity index (χ4n) is 2.00. The minimum atomic E-state index is -0.569. The summed E-state index contributed by atoms with van der Waals surface area (Å²) in [5.41, 5.74) is 3.00. The van der Waals surface area contributed by atoms with Gasteiger partial charge < -0.3 is 5.11 Å². The first-order chi connectivity index (χ1) is 6.62. The molecule has 1 fully saturated rings. The van der Waals surface area contributed by atoms with Crippen LogP contribution in [0.2, 0.25) is 0 Å². The van der Waals surface area contributed by atoms with E-state index in [2.05, 4.69) is 32.0 Å². The summed E-state index contributed by atoms with van der Waals surface area (Å²) in [4.78, 5) is 0. The molecule has 1 unspecified atom stereocenters. The number of thioether (sulfide) groups is 1. The van der Waals surface area contributed by atoms with Crippen molar-refractivity contribution in [3.8, 4) is 0 Å². The SMILES string of the molecule is Cc1ccc(C)c(C2(O)CCSC2)c1. The van der Waals surface area contributed by atoms with Gasteiger partial charge in [-0.25, -0.2) is 0 Å². The molecule has 0 aliphatic carbocycles. The van der Waals surface area contributed by atoms with Crippen LogP contribution >= 0.6 is 11.8 Å². The van der Waals surface area contributed by atoms with Crippen LogP contribution in [0.3, 0.4) is 0 Å². The summed E-state index contributed by atoms with van der Waals surface area (Å²) >= 11 is 1.84. The zero-order chi connectivity index (χ0) is 10.2. The third-order valence-corrected chi connectivity index (χ3v) is 4.07. The maximum absolute atomic E-state index is 10.4. The fourth-order valence-corrected chi connectivity index (χ4v) is 3.27. The van der Waals surface area contributed by atoms with Gasteiger partial charge in [0.05, 0.1) is 5.60 Å². The summed E-state index contributed by atoms with van der Waals surface area (Å²) in [6, 6.07) is 6.33. The first-order valence-electron chi connectivity index (χ1n) is 5.00. The van der Waals surface area contributed by atoms with E-state index < -0.39 is 5.60 Å². The lowest BCUT2D eigenvalue weighted by molar-refractivity contribution is 0.0650. The van der Waals surface area contributed by atoms with Crippen molar-refractivity contribution in [3.05, 3.63) is 34.9 Å². The molecule has 1 nitrogen and oxygen atoms in total. The van der Waals surface area contributed by atoms with E-state index in [9.17, 15) is 5.11 Å². The Labute approximate surface area is 89.5 Å². The van der Waals surface area contributed by atoms with Crippen LogP contribution in [0.1, 0.15) is 23.1 Å². The van der Waals surface area contributed by atoms with Gasteiger partial charge in [-0.1, -0.05) is 23.8 Å². The fraction of sp³-hybridized carbons (Fsp3) is 0.500. The summed E-state index contributed by atoms with van der Waals surface area (Å²) in [7, 11) is 0. The minimum Gasteiger partial charge on any atom is -0.384 e. The van der Waals surface area contributed by atoms with Crippen LogP contribution in [-0.4, -0.2) is 16.6 Å². The van der Waals surface area contributed by atoms with E-state index in [-0.39, 0.29) is 0 Å². The van der Waals surface area contributed by atoms with E-state index in [1.807, 2.05) is 11.8 Å². The lowest BCUT2D eigenvalue weighted by atomic mass is 9.89. The molecule has 2 rings (SSSR count). The first-order valence-corrected chi connectivity index (χ1v) is 6.15. The summed E-state index contributed by atoms with van der Waals surface area (Å²) in [5, 5.41) is 10.4. The molecule has 0 spiro atoms. The van der Waals surface area contributed by atoms with Gasteiger partial charge in [0.1, 0.15) is 0 Å². The van der Waals surface area contributed by atoms with Gasteiger partial charge in [0.25, 0.3) is 0 Å². The molecule has 14 heavy (non-hydrogen) atoms. The largest absolute Gasteiger partial charge is 0.384 e. The number of rotatable bonds is 1. The predicted octanol–water partition coefficient (Wildman–Crippen LogP) is 2.63. The highest BCUT2D eigenvalue weighted by molar-refractivity contribution is 7.99.